The van der Waals surface area contributed by atoms with Crippen molar-refractivity contribution in [2.75, 3.05) is 26.2 Å². The van der Waals surface area contributed by atoms with Crippen molar-refractivity contribution in [2.24, 2.45) is 5.73 Å². The summed E-state index contributed by atoms with van der Waals surface area (Å²) in [5.41, 5.74) is 5.13. The van der Waals surface area contributed by atoms with E-state index in [0.717, 1.165) is 6.54 Å². The van der Waals surface area contributed by atoms with Gasteiger partial charge in [-0.2, -0.15) is 0 Å². The molecule has 5 heteroatoms. The molecule has 0 saturated heterocycles. The number of rotatable bonds is 4. The van der Waals surface area contributed by atoms with Crippen molar-refractivity contribution in [2.45, 2.75) is 0 Å². The van der Waals surface area contributed by atoms with E-state index in [1.54, 1.807) is 0 Å². The van der Waals surface area contributed by atoms with Gasteiger partial charge in [0.25, 0.3) is 0 Å². The second-order valence-corrected chi connectivity index (χ2v) is 1.26. The summed E-state index contributed by atoms with van der Waals surface area (Å²) in [6.45, 7) is 2.28. The first kappa shape index (κ1) is 15.9. The van der Waals surface area contributed by atoms with E-state index in [1.807, 2.05) is 0 Å². The number of nitrogens with two attached hydrogens (primary N) is 1. The lowest BCUT2D eigenvalue weighted by Crippen LogP contribution is -2.24. The average Bonchev–Trinajstić information content (AvgIpc) is 1.69. The molecule has 10 N–H and O–H groups in total. The largest absolute Gasteiger partial charge is 0.395 e. The predicted octanol–water partition coefficient (Wildman–Crippen LogP) is -1.15. The highest BCUT2D eigenvalue weighted by Gasteiger charge is 1.77. The molecule has 9 heavy (non-hydrogen) atoms. The summed E-state index contributed by atoms with van der Waals surface area (Å²) < 4.78 is 0. The van der Waals surface area contributed by atoms with Gasteiger partial charge in [0, 0.05) is 19.6 Å². The molecule has 0 heterocycles. The number of aliphatic hydroxyl groups excluding tert-OH is 1. The lowest BCUT2D eigenvalue weighted by Gasteiger charge is -1.95. The van der Waals surface area contributed by atoms with Crippen LogP contribution in [0, 0.1) is 0 Å². The van der Waals surface area contributed by atoms with Crippen LogP contribution in [0.15, 0.2) is 0 Å². The van der Waals surface area contributed by atoms with Crippen LogP contribution in [-0.4, -0.2) is 31.3 Å². The van der Waals surface area contributed by atoms with Gasteiger partial charge in [-0.25, -0.2) is 0 Å². The molecule has 0 saturated carbocycles. The van der Waals surface area contributed by atoms with Gasteiger partial charge in [-0.3, -0.25) is 0 Å². The van der Waals surface area contributed by atoms with E-state index in [4.69, 9.17) is 10.8 Å². The minimum atomic E-state index is 0. The molecule has 5 nitrogen and oxygen atoms in total. The van der Waals surface area contributed by atoms with Gasteiger partial charge in [-0.1, -0.05) is 0 Å². The molecule has 0 aliphatic rings. The van der Waals surface area contributed by atoms with Crippen LogP contribution >= 0.6 is 0 Å². The molecule has 0 bridgehead atoms. The van der Waals surface area contributed by atoms with Gasteiger partial charge >= 0.3 is 0 Å². The maximum absolute atomic E-state index is 8.19. The Labute approximate surface area is 55.8 Å². The van der Waals surface area contributed by atoms with E-state index in [-0.39, 0.29) is 18.9 Å². The zero-order valence-electron chi connectivity index (χ0n) is 5.77. The van der Waals surface area contributed by atoms with Crippen molar-refractivity contribution in [1.29, 1.82) is 0 Å². The maximum atomic E-state index is 8.19. The number of hydrogen-bond acceptors (Lipinski definition) is 5. The standard InChI is InChI=1S/C4H12N2O.2H3N/c5-1-2-6-3-4-7;;/h6-7H,1-5H2;2*1H3. The lowest BCUT2D eigenvalue weighted by atomic mass is 10.6. The maximum Gasteiger partial charge on any atom is 0.0555 e. The highest BCUT2D eigenvalue weighted by atomic mass is 16.3. The molecule has 0 aliphatic heterocycles. The topological polar surface area (TPSA) is 128 Å². The van der Waals surface area contributed by atoms with Crippen LogP contribution in [0.3, 0.4) is 0 Å². The number of nitrogens with one attached hydrogen (secondary N) is 1. The van der Waals surface area contributed by atoms with E-state index in [1.165, 1.54) is 0 Å². The molecule has 0 aromatic rings. The second-order valence-electron chi connectivity index (χ2n) is 1.26. The third-order valence-corrected chi connectivity index (χ3v) is 0.610. The van der Waals surface area contributed by atoms with Gasteiger partial charge in [0.15, 0.2) is 0 Å². The summed E-state index contributed by atoms with van der Waals surface area (Å²) in [6, 6.07) is 0. The predicted molar refractivity (Wildman–Crippen MR) is 39.1 cm³/mol. The minimum Gasteiger partial charge on any atom is -0.395 e. The molecule has 0 fully saturated rings. The van der Waals surface area contributed by atoms with Crippen LogP contribution in [-0.2, 0) is 0 Å². The molecule has 0 aliphatic carbocycles. The molecule has 0 atom stereocenters. The zero-order chi connectivity index (χ0) is 5.54. The van der Waals surface area contributed by atoms with Gasteiger partial charge in [0.1, 0.15) is 0 Å². The van der Waals surface area contributed by atoms with Crippen LogP contribution in [0.4, 0.5) is 0 Å². The Bertz CT molecular complexity index is 31.7. The van der Waals surface area contributed by atoms with Crippen molar-refractivity contribution < 1.29 is 5.11 Å². The molecule has 0 aromatic carbocycles. The molecule has 0 aromatic heterocycles. The van der Waals surface area contributed by atoms with Crippen molar-refractivity contribution in [3.05, 3.63) is 0 Å². The molecule has 0 rings (SSSR count). The molecule has 60 valence electrons. The second kappa shape index (κ2) is 15.7. The monoisotopic (exact) mass is 138 g/mol. The zero-order valence-corrected chi connectivity index (χ0v) is 5.77. The Morgan fingerprint density at radius 1 is 1.22 bits per heavy atom. The van der Waals surface area contributed by atoms with Crippen LogP contribution in [0.5, 0.6) is 0 Å². The van der Waals surface area contributed by atoms with Crippen LogP contribution in [0.25, 0.3) is 0 Å². The van der Waals surface area contributed by atoms with Gasteiger partial charge in [-0.05, 0) is 0 Å². The Morgan fingerprint density at radius 2 is 1.78 bits per heavy atom. The van der Waals surface area contributed by atoms with Gasteiger partial charge in [-0.15, -0.1) is 0 Å². The molecular formula is C4H18N4O. The van der Waals surface area contributed by atoms with Gasteiger partial charge < -0.3 is 28.5 Å². The average molecular weight is 138 g/mol. The Hall–Kier alpha value is -0.200. The summed E-state index contributed by atoms with van der Waals surface area (Å²) >= 11 is 0. The van der Waals surface area contributed by atoms with Crippen molar-refractivity contribution >= 4 is 0 Å². The molecule has 0 spiro atoms. The molecular weight excluding hydrogens is 120 g/mol. The van der Waals surface area contributed by atoms with E-state index < -0.39 is 0 Å². The Morgan fingerprint density at radius 3 is 2.11 bits per heavy atom. The van der Waals surface area contributed by atoms with Crippen LogP contribution in [0.2, 0.25) is 0 Å². The first-order chi connectivity index (χ1) is 3.41. The third-order valence-electron chi connectivity index (χ3n) is 0.610. The fourth-order valence-corrected chi connectivity index (χ4v) is 0.306. The van der Waals surface area contributed by atoms with E-state index in [2.05, 4.69) is 5.32 Å². The van der Waals surface area contributed by atoms with Crippen molar-refractivity contribution in [3.8, 4) is 0 Å². The van der Waals surface area contributed by atoms with Crippen molar-refractivity contribution in [3.63, 3.8) is 0 Å². The van der Waals surface area contributed by atoms with Gasteiger partial charge in [0.2, 0.25) is 0 Å². The molecule has 0 amide bonds. The summed E-state index contributed by atoms with van der Waals surface area (Å²) in [7, 11) is 0. The normalized spacial score (nSPS) is 7.33. The minimum absolute atomic E-state index is 0. The van der Waals surface area contributed by atoms with E-state index >= 15 is 0 Å². The van der Waals surface area contributed by atoms with E-state index in [9.17, 15) is 0 Å². The molecule has 0 radical (unpaired) electrons. The van der Waals surface area contributed by atoms with Crippen molar-refractivity contribution in [1.82, 2.24) is 17.6 Å². The number of aliphatic hydroxyl groups is 1. The fourth-order valence-electron chi connectivity index (χ4n) is 0.306. The Balaban J connectivity index is -0.000000180. The summed E-state index contributed by atoms with van der Waals surface area (Å²) in [5, 5.41) is 11.1. The lowest BCUT2D eigenvalue weighted by molar-refractivity contribution is 0.293. The third kappa shape index (κ3) is 18.2. The Kier molecular flexibility index (Phi) is 27.7. The van der Waals surface area contributed by atoms with Crippen LogP contribution in [0.1, 0.15) is 0 Å². The summed E-state index contributed by atoms with van der Waals surface area (Å²) in [4.78, 5) is 0. The summed E-state index contributed by atoms with van der Waals surface area (Å²) in [6.07, 6.45) is 0. The fraction of sp³-hybridized carbons (Fsp3) is 1.00. The number of hydrogen-bond donors (Lipinski definition) is 5. The highest BCUT2D eigenvalue weighted by molar-refractivity contribution is 4.42. The smallest absolute Gasteiger partial charge is 0.0555 e. The first-order valence-electron chi connectivity index (χ1n) is 2.43. The van der Waals surface area contributed by atoms with Crippen LogP contribution < -0.4 is 23.4 Å². The van der Waals surface area contributed by atoms with E-state index in [0.29, 0.717) is 13.1 Å². The first-order valence-corrected chi connectivity index (χ1v) is 2.43. The SMILES string of the molecule is N.N.NCCNCCO. The van der Waals surface area contributed by atoms with Gasteiger partial charge in [0.05, 0.1) is 6.61 Å². The quantitative estimate of drug-likeness (QED) is 0.313. The molecule has 0 unspecified atom stereocenters. The highest BCUT2D eigenvalue weighted by Crippen LogP contribution is 1.51. The summed E-state index contributed by atoms with van der Waals surface area (Å²) in [5.74, 6) is 0.